The van der Waals surface area contributed by atoms with Gasteiger partial charge in [-0.05, 0) is 52.2 Å². The lowest BCUT2D eigenvalue weighted by Crippen LogP contribution is -2.09. The number of aryl methyl sites for hydroxylation is 2. The summed E-state index contributed by atoms with van der Waals surface area (Å²) in [5, 5.41) is 12.4. The lowest BCUT2D eigenvalue weighted by atomic mass is 9.89. The second kappa shape index (κ2) is 6.44. The Labute approximate surface area is 111 Å². The molecule has 2 nitrogen and oxygen atoms in total. The number of hydrogen-bond acceptors (Lipinski definition) is 2. The van der Waals surface area contributed by atoms with Crippen molar-refractivity contribution in [3.05, 3.63) is 29.3 Å². The SMILES string of the molecule is Cc1ccc(NCCCCC(C)(C)C#N)c(C)c1. The lowest BCUT2D eigenvalue weighted by molar-refractivity contribution is 0.430. The monoisotopic (exact) mass is 244 g/mol. The van der Waals surface area contributed by atoms with E-state index in [9.17, 15) is 0 Å². The molecule has 0 aliphatic carbocycles. The first-order valence-corrected chi connectivity index (χ1v) is 6.67. The average molecular weight is 244 g/mol. The molecule has 0 atom stereocenters. The van der Waals surface area contributed by atoms with E-state index in [2.05, 4.69) is 43.4 Å². The maximum Gasteiger partial charge on any atom is 0.0683 e. The Morgan fingerprint density at radius 3 is 2.56 bits per heavy atom. The van der Waals surface area contributed by atoms with E-state index < -0.39 is 0 Å². The highest BCUT2D eigenvalue weighted by Gasteiger charge is 2.15. The van der Waals surface area contributed by atoms with Crippen molar-refractivity contribution >= 4 is 5.69 Å². The fourth-order valence-electron chi connectivity index (χ4n) is 1.98. The summed E-state index contributed by atoms with van der Waals surface area (Å²) in [5.74, 6) is 0. The van der Waals surface area contributed by atoms with E-state index in [1.165, 1.54) is 16.8 Å². The molecule has 1 aromatic carbocycles. The first kappa shape index (κ1) is 14.6. The van der Waals surface area contributed by atoms with Gasteiger partial charge >= 0.3 is 0 Å². The minimum atomic E-state index is -0.181. The lowest BCUT2D eigenvalue weighted by Gasteiger charge is -2.15. The van der Waals surface area contributed by atoms with Crippen LogP contribution in [0.15, 0.2) is 18.2 Å². The van der Waals surface area contributed by atoms with Crippen molar-refractivity contribution in [1.82, 2.24) is 0 Å². The predicted octanol–water partition coefficient (Wildman–Crippen LogP) is 4.44. The topological polar surface area (TPSA) is 35.8 Å². The predicted molar refractivity (Wildman–Crippen MR) is 77.7 cm³/mol. The van der Waals surface area contributed by atoms with Crippen LogP contribution in [0, 0.1) is 30.6 Å². The molecule has 0 unspecified atom stereocenters. The quantitative estimate of drug-likeness (QED) is 0.751. The fraction of sp³-hybridized carbons (Fsp3) is 0.562. The molecular weight excluding hydrogens is 220 g/mol. The molecule has 98 valence electrons. The van der Waals surface area contributed by atoms with Gasteiger partial charge in [-0.15, -0.1) is 0 Å². The Morgan fingerprint density at radius 1 is 1.22 bits per heavy atom. The van der Waals surface area contributed by atoms with Gasteiger partial charge < -0.3 is 5.32 Å². The molecule has 0 amide bonds. The summed E-state index contributed by atoms with van der Waals surface area (Å²) in [4.78, 5) is 0. The molecule has 0 bridgehead atoms. The van der Waals surface area contributed by atoms with E-state index in [0.29, 0.717) is 0 Å². The number of hydrogen-bond donors (Lipinski definition) is 1. The van der Waals surface area contributed by atoms with Gasteiger partial charge in [0.15, 0.2) is 0 Å². The molecular formula is C16H24N2. The van der Waals surface area contributed by atoms with Crippen LogP contribution in [0.5, 0.6) is 0 Å². The highest BCUT2D eigenvalue weighted by atomic mass is 14.9. The first-order valence-electron chi connectivity index (χ1n) is 6.67. The Morgan fingerprint density at radius 2 is 1.94 bits per heavy atom. The zero-order valence-corrected chi connectivity index (χ0v) is 12.0. The molecule has 0 heterocycles. The largest absolute Gasteiger partial charge is 0.385 e. The van der Waals surface area contributed by atoms with E-state index >= 15 is 0 Å². The van der Waals surface area contributed by atoms with Crippen molar-refractivity contribution < 1.29 is 0 Å². The van der Waals surface area contributed by atoms with Gasteiger partial charge in [-0.2, -0.15) is 5.26 Å². The van der Waals surface area contributed by atoms with Crippen LogP contribution in [0.1, 0.15) is 44.2 Å². The minimum Gasteiger partial charge on any atom is -0.385 e. The van der Waals surface area contributed by atoms with Gasteiger partial charge in [0, 0.05) is 12.2 Å². The molecule has 0 fully saturated rings. The van der Waals surface area contributed by atoms with E-state index in [1.54, 1.807) is 0 Å². The fourth-order valence-corrected chi connectivity index (χ4v) is 1.98. The van der Waals surface area contributed by atoms with Crippen molar-refractivity contribution in [2.24, 2.45) is 5.41 Å². The molecule has 0 saturated heterocycles. The molecule has 0 aromatic heterocycles. The number of nitrogens with zero attached hydrogens (tertiary/aromatic N) is 1. The molecule has 0 saturated carbocycles. The number of nitrogens with one attached hydrogen (secondary N) is 1. The third kappa shape index (κ3) is 4.79. The summed E-state index contributed by atoms with van der Waals surface area (Å²) >= 11 is 0. The van der Waals surface area contributed by atoms with Gasteiger partial charge in [-0.3, -0.25) is 0 Å². The average Bonchev–Trinajstić information content (AvgIpc) is 2.31. The van der Waals surface area contributed by atoms with Crippen LogP contribution in [0.2, 0.25) is 0 Å². The van der Waals surface area contributed by atoms with Crippen LogP contribution in [-0.4, -0.2) is 6.54 Å². The molecule has 0 aliphatic rings. The van der Waals surface area contributed by atoms with Crippen molar-refractivity contribution in [1.29, 1.82) is 5.26 Å². The summed E-state index contributed by atoms with van der Waals surface area (Å²) in [6.45, 7) is 9.23. The van der Waals surface area contributed by atoms with Gasteiger partial charge in [0.2, 0.25) is 0 Å². The summed E-state index contributed by atoms with van der Waals surface area (Å²) < 4.78 is 0. The van der Waals surface area contributed by atoms with Crippen LogP contribution < -0.4 is 5.32 Å². The van der Waals surface area contributed by atoms with Gasteiger partial charge in [0.25, 0.3) is 0 Å². The molecule has 0 spiro atoms. The number of rotatable bonds is 6. The maximum absolute atomic E-state index is 8.93. The molecule has 1 rings (SSSR count). The van der Waals surface area contributed by atoms with Gasteiger partial charge in [-0.1, -0.05) is 24.1 Å². The van der Waals surface area contributed by atoms with E-state index in [0.717, 1.165) is 25.8 Å². The van der Waals surface area contributed by atoms with Crippen molar-refractivity contribution in [3.8, 4) is 6.07 Å². The van der Waals surface area contributed by atoms with E-state index in [-0.39, 0.29) is 5.41 Å². The van der Waals surface area contributed by atoms with E-state index in [4.69, 9.17) is 5.26 Å². The Balaban J connectivity index is 2.29. The zero-order valence-electron chi connectivity index (χ0n) is 12.0. The molecule has 0 aliphatic heterocycles. The molecule has 18 heavy (non-hydrogen) atoms. The molecule has 1 N–H and O–H groups in total. The second-order valence-electron chi connectivity index (χ2n) is 5.70. The first-order chi connectivity index (χ1) is 8.44. The summed E-state index contributed by atoms with van der Waals surface area (Å²) in [7, 11) is 0. The standard InChI is InChI=1S/C16H24N2/c1-13-7-8-15(14(2)11-13)18-10-6-5-9-16(3,4)12-17/h7-8,11,18H,5-6,9-10H2,1-4H3. The van der Waals surface area contributed by atoms with Crippen LogP contribution in [0.3, 0.4) is 0 Å². The minimum absolute atomic E-state index is 0.181. The Kier molecular flexibility index (Phi) is 5.22. The summed E-state index contributed by atoms with van der Waals surface area (Å²) in [5.41, 5.74) is 3.64. The molecule has 0 radical (unpaired) electrons. The van der Waals surface area contributed by atoms with Crippen molar-refractivity contribution in [2.75, 3.05) is 11.9 Å². The van der Waals surface area contributed by atoms with Crippen molar-refractivity contribution in [2.45, 2.75) is 47.0 Å². The van der Waals surface area contributed by atoms with Crippen LogP contribution in [0.25, 0.3) is 0 Å². The van der Waals surface area contributed by atoms with Gasteiger partial charge in [0.1, 0.15) is 0 Å². The third-order valence-corrected chi connectivity index (χ3v) is 3.23. The van der Waals surface area contributed by atoms with Crippen LogP contribution >= 0.6 is 0 Å². The third-order valence-electron chi connectivity index (χ3n) is 3.23. The Bertz CT molecular complexity index is 427. The number of nitriles is 1. The normalized spacial score (nSPS) is 11.1. The van der Waals surface area contributed by atoms with Crippen molar-refractivity contribution in [3.63, 3.8) is 0 Å². The summed E-state index contributed by atoms with van der Waals surface area (Å²) in [6, 6.07) is 8.82. The van der Waals surface area contributed by atoms with Gasteiger partial charge in [-0.25, -0.2) is 0 Å². The highest BCUT2D eigenvalue weighted by Crippen LogP contribution is 2.22. The molecule has 2 heteroatoms. The number of unbranched alkanes of at least 4 members (excludes halogenated alkanes) is 1. The number of anilines is 1. The van der Waals surface area contributed by atoms with Gasteiger partial charge in [0.05, 0.1) is 11.5 Å². The van der Waals surface area contributed by atoms with Crippen LogP contribution in [0.4, 0.5) is 5.69 Å². The maximum atomic E-state index is 8.93. The zero-order chi connectivity index (χ0) is 13.6. The molecule has 1 aromatic rings. The Hall–Kier alpha value is -1.49. The summed E-state index contributed by atoms with van der Waals surface area (Å²) in [6.07, 6.45) is 3.18. The van der Waals surface area contributed by atoms with Crippen LogP contribution in [-0.2, 0) is 0 Å². The second-order valence-corrected chi connectivity index (χ2v) is 5.70. The number of benzene rings is 1. The van der Waals surface area contributed by atoms with E-state index in [1.807, 2.05) is 13.8 Å². The highest BCUT2D eigenvalue weighted by molar-refractivity contribution is 5.51. The smallest absolute Gasteiger partial charge is 0.0683 e.